The van der Waals surface area contributed by atoms with E-state index < -0.39 is 21.9 Å². The highest BCUT2D eigenvalue weighted by molar-refractivity contribution is 7.89. The van der Waals surface area contributed by atoms with Gasteiger partial charge in [-0.3, -0.25) is 9.67 Å². The highest BCUT2D eigenvalue weighted by Crippen LogP contribution is 2.23. The monoisotopic (exact) mass is 346 g/mol. The molecule has 0 saturated carbocycles. The van der Waals surface area contributed by atoms with E-state index in [1.807, 2.05) is 0 Å². The number of rotatable bonds is 5. The molecule has 0 aliphatic heterocycles. The molecule has 0 saturated heterocycles. The lowest BCUT2D eigenvalue weighted by molar-refractivity contribution is 0.568. The van der Waals surface area contributed by atoms with Crippen molar-refractivity contribution >= 4 is 10.0 Å². The molecule has 1 aromatic carbocycles. The number of pyridine rings is 1. The van der Waals surface area contributed by atoms with E-state index in [-0.39, 0.29) is 4.90 Å². The van der Waals surface area contributed by atoms with Crippen molar-refractivity contribution in [3.8, 4) is 0 Å². The SMILES string of the molecule is Cn1cc(S(=O)(=O)NC(c2cccc(F)c2)c2ccccn2)cn1. The molecule has 3 aromatic rings. The Kier molecular flexibility index (Phi) is 4.41. The number of benzene rings is 1. The Balaban J connectivity index is 2.03. The first-order chi connectivity index (χ1) is 11.5. The molecule has 0 spiro atoms. The fourth-order valence-electron chi connectivity index (χ4n) is 2.29. The Morgan fingerprint density at radius 1 is 1.21 bits per heavy atom. The highest BCUT2D eigenvalue weighted by Gasteiger charge is 2.25. The minimum absolute atomic E-state index is 0.0299. The first kappa shape index (κ1) is 16.3. The normalized spacial score (nSPS) is 12.9. The van der Waals surface area contributed by atoms with Crippen molar-refractivity contribution in [2.75, 3.05) is 0 Å². The summed E-state index contributed by atoms with van der Waals surface area (Å²) in [6, 6.07) is 10.1. The molecule has 0 bridgehead atoms. The summed E-state index contributed by atoms with van der Waals surface area (Å²) in [5.41, 5.74) is 0.928. The number of aromatic nitrogens is 3. The van der Waals surface area contributed by atoms with E-state index in [1.54, 1.807) is 37.5 Å². The summed E-state index contributed by atoms with van der Waals surface area (Å²) in [5.74, 6) is -0.450. The predicted octanol–water partition coefficient (Wildman–Crippen LogP) is 2.02. The molecule has 3 rings (SSSR count). The second-order valence-corrected chi connectivity index (χ2v) is 6.93. The molecule has 1 atom stereocenters. The van der Waals surface area contributed by atoms with E-state index in [1.165, 1.54) is 35.3 Å². The fourth-order valence-corrected chi connectivity index (χ4v) is 3.47. The number of halogens is 1. The standard InChI is InChI=1S/C16H15FN4O2S/c1-21-11-14(10-19-21)24(22,23)20-16(15-7-2-3-8-18-15)12-5-4-6-13(17)9-12/h2-11,16,20H,1H3. The Labute approximate surface area is 139 Å². The number of hydrogen-bond donors (Lipinski definition) is 1. The number of nitrogens with zero attached hydrogens (tertiary/aromatic N) is 3. The van der Waals surface area contributed by atoms with Gasteiger partial charge in [0.25, 0.3) is 0 Å². The van der Waals surface area contributed by atoms with Crippen LogP contribution in [0.5, 0.6) is 0 Å². The average molecular weight is 346 g/mol. The Morgan fingerprint density at radius 2 is 2.04 bits per heavy atom. The summed E-state index contributed by atoms with van der Waals surface area (Å²) >= 11 is 0. The van der Waals surface area contributed by atoms with E-state index in [2.05, 4.69) is 14.8 Å². The number of sulfonamides is 1. The molecule has 8 heteroatoms. The molecule has 6 nitrogen and oxygen atoms in total. The summed E-state index contributed by atoms with van der Waals surface area (Å²) in [4.78, 5) is 4.23. The van der Waals surface area contributed by atoms with Crippen LogP contribution in [0, 0.1) is 5.82 Å². The van der Waals surface area contributed by atoms with Crippen LogP contribution < -0.4 is 4.72 Å². The van der Waals surface area contributed by atoms with Gasteiger partial charge in [-0.1, -0.05) is 18.2 Å². The first-order valence-corrected chi connectivity index (χ1v) is 8.61. The molecule has 0 fully saturated rings. The van der Waals surface area contributed by atoms with Gasteiger partial charge in [-0.25, -0.2) is 12.8 Å². The fraction of sp³-hybridized carbons (Fsp3) is 0.125. The lowest BCUT2D eigenvalue weighted by Gasteiger charge is -2.18. The van der Waals surface area contributed by atoms with E-state index in [0.717, 1.165) is 0 Å². The number of nitrogens with one attached hydrogen (secondary N) is 1. The average Bonchev–Trinajstić information content (AvgIpc) is 3.01. The number of aryl methyl sites for hydroxylation is 1. The zero-order valence-corrected chi connectivity index (χ0v) is 13.6. The molecule has 0 radical (unpaired) electrons. The quantitative estimate of drug-likeness (QED) is 0.767. The topological polar surface area (TPSA) is 76.9 Å². The second-order valence-electron chi connectivity index (χ2n) is 5.21. The van der Waals surface area contributed by atoms with Crippen LogP contribution in [0.25, 0.3) is 0 Å². The van der Waals surface area contributed by atoms with Crippen molar-refractivity contribution in [1.29, 1.82) is 0 Å². The van der Waals surface area contributed by atoms with E-state index >= 15 is 0 Å². The van der Waals surface area contributed by atoms with Gasteiger partial charge in [-0.15, -0.1) is 0 Å². The summed E-state index contributed by atoms with van der Waals surface area (Å²) in [5, 5.41) is 3.87. The van der Waals surface area contributed by atoms with Crippen molar-refractivity contribution in [2.24, 2.45) is 7.05 Å². The molecule has 2 heterocycles. The van der Waals surface area contributed by atoms with Crippen LogP contribution in [0.1, 0.15) is 17.3 Å². The van der Waals surface area contributed by atoms with Crippen LogP contribution in [-0.4, -0.2) is 23.2 Å². The van der Waals surface area contributed by atoms with E-state index in [9.17, 15) is 12.8 Å². The van der Waals surface area contributed by atoms with E-state index in [4.69, 9.17) is 0 Å². The third-order valence-electron chi connectivity index (χ3n) is 3.43. The van der Waals surface area contributed by atoms with Crippen molar-refractivity contribution in [1.82, 2.24) is 19.5 Å². The Hall–Kier alpha value is -2.58. The van der Waals surface area contributed by atoms with Crippen molar-refractivity contribution in [2.45, 2.75) is 10.9 Å². The van der Waals surface area contributed by atoms with Gasteiger partial charge >= 0.3 is 0 Å². The van der Waals surface area contributed by atoms with Gasteiger partial charge in [0, 0.05) is 19.4 Å². The maximum absolute atomic E-state index is 13.6. The van der Waals surface area contributed by atoms with Gasteiger partial charge in [0.2, 0.25) is 10.0 Å². The van der Waals surface area contributed by atoms with Crippen molar-refractivity contribution in [3.05, 3.63) is 78.1 Å². The molecule has 0 aliphatic rings. The van der Waals surface area contributed by atoms with Crippen LogP contribution in [0.4, 0.5) is 4.39 Å². The highest BCUT2D eigenvalue weighted by atomic mass is 32.2. The largest absolute Gasteiger partial charge is 0.274 e. The van der Waals surface area contributed by atoms with E-state index in [0.29, 0.717) is 11.3 Å². The zero-order valence-electron chi connectivity index (χ0n) is 12.8. The zero-order chi connectivity index (χ0) is 17.2. The van der Waals surface area contributed by atoms with Gasteiger partial charge < -0.3 is 0 Å². The molecule has 1 N–H and O–H groups in total. The van der Waals surface area contributed by atoms with Crippen molar-refractivity contribution < 1.29 is 12.8 Å². The van der Waals surface area contributed by atoms with Gasteiger partial charge in [0.1, 0.15) is 10.7 Å². The van der Waals surface area contributed by atoms with Crippen molar-refractivity contribution in [3.63, 3.8) is 0 Å². The first-order valence-electron chi connectivity index (χ1n) is 7.13. The van der Waals surface area contributed by atoms with Gasteiger partial charge in [-0.2, -0.15) is 9.82 Å². The Morgan fingerprint density at radius 3 is 2.67 bits per heavy atom. The molecule has 1 unspecified atom stereocenters. The summed E-state index contributed by atoms with van der Waals surface area (Å²) in [6.07, 6.45) is 4.20. The lowest BCUT2D eigenvalue weighted by atomic mass is 10.0. The second kappa shape index (κ2) is 6.50. The van der Waals surface area contributed by atoms with Crippen LogP contribution >= 0.6 is 0 Å². The molecule has 2 aromatic heterocycles. The third-order valence-corrected chi connectivity index (χ3v) is 4.81. The van der Waals surface area contributed by atoms with Crippen LogP contribution in [0.15, 0.2) is 66.0 Å². The minimum atomic E-state index is -3.84. The van der Waals surface area contributed by atoms with Gasteiger partial charge in [0.05, 0.1) is 17.9 Å². The minimum Gasteiger partial charge on any atom is -0.274 e. The molecular weight excluding hydrogens is 331 g/mol. The number of hydrogen-bond acceptors (Lipinski definition) is 4. The maximum Gasteiger partial charge on any atom is 0.244 e. The summed E-state index contributed by atoms with van der Waals surface area (Å²) in [7, 11) is -2.22. The van der Waals surface area contributed by atoms with Crippen LogP contribution in [-0.2, 0) is 17.1 Å². The van der Waals surface area contributed by atoms with Crippen LogP contribution in [0.3, 0.4) is 0 Å². The molecule has 124 valence electrons. The summed E-state index contributed by atoms with van der Waals surface area (Å²) < 4.78 is 42.8. The molecule has 0 amide bonds. The molecular formula is C16H15FN4O2S. The van der Waals surface area contributed by atoms with Gasteiger partial charge in [0.15, 0.2) is 0 Å². The van der Waals surface area contributed by atoms with Gasteiger partial charge in [-0.05, 0) is 29.8 Å². The third kappa shape index (κ3) is 3.50. The maximum atomic E-state index is 13.6. The smallest absolute Gasteiger partial charge is 0.244 e. The molecule has 0 aliphatic carbocycles. The Bertz CT molecular complexity index is 941. The summed E-state index contributed by atoms with van der Waals surface area (Å²) in [6.45, 7) is 0. The van der Waals surface area contributed by atoms with Crippen LogP contribution in [0.2, 0.25) is 0 Å². The molecule has 24 heavy (non-hydrogen) atoms. The predicted molar refractivity (Wildman–Crippen MR) is 86.0 cm³/mol. The lowest BCUT2D eigenvalue weighted by Crippen LogP contribution is -2.30.